The van der Waals surface area contributed by atoms with Gasteiger partial charge < -0.3 is 10.4 Å². The van der Waals surface area contributed by atoms with Gasteiger partial charge in [0.15, 0.2) is 5.13 Å². The van der Waals surface area contributed by atoms with E-state index in [0.717, 1.165) is 11.1 Å². The van der Waals surface area contributed by atoms with Crippen molar-refractivity contribution in [1.29, 1.82) is 0 Å². The third-order valence-corrected chi connectivity index (χ3v) is 3.26. The van der Waals surface area contributed by atoms with Crippen molar-refractivity contribution in [2.24, 2.45) is 0 Å². The van der Waals surface area contributed by atoms with E-state index in [1.807, 2.05) is 31.2 Å². The van der Waals surface area contributed by atoms with E-state index in [9.17, 15) is 9.90 Å². The predicted molar refractivity (Wildman–Crippen MR) is 75.3 cm³/mol. The number of carbonyl (C=O) groups is 1. The molecule has 0 saturated carbocycles. The third-order valence-electron chi connectivity index (χ3n) is 2.57. The minimum atomic E-state index is -0.720. The number of rotatable bonds is 4. The molecule has 5 nitrogen and oxygen atoms in total. The first-order valence-corrected chi connectivity index (χ1v) is 6.72. The van der Waals surface area contributed by atoms with E-state index in [2.05, 4.69) is 15.6 Å². The maximum Gasteiger partial charge on any atom is 0.321 e. The van der Waals surface area contributed by atoms with Crippen molar-refractivity contribution in [2.45, 2.75) is 13.0 Å². The summed E-state index contributed by atoms with van der Waals surface area (Å²) >= 11 is 1.34. The van der Waals surface area contributed by atoms with Crippen molar-refractivity contribution in [3.63, 3.8) is 0 Å². The zero-order chi connectivity index (χ0) is 13.7. The van der Waals surface area contributed by atoms with Crippen LogP contribution in [0, 0.1) is 6.92 Å². The second-order valence-corrected chi connectivity index (χ2v) is 4.99. The van der Waals surface area contributed by atoms with Gasteiger partial charge in [0, 0.05) is 18.1 Å². The molecule has 0 fully saturated rings. The molecule has 1 heterocycles. The Balaban J connectivity index is 1.81. The van der Waals surface area contributed by atoms with Crippen LogP contribution in [0.3, 0.4) is 0 Å². The van der Waals surface area contributed by atoms with Gasteiger partial charge in [-0.25, -0.2) is 9.78 Å². The van der Waals surface area contributed by atoms with E-state index in [1.54, 1.807) is 11.6 Å². The molecule has 0 aliphatic carbocycles. The van der Waals surface area contributed by atoms with Crippen LogP contribution < -0.4 is 10.6 Å². The second-order valence-electron chi connectivity index (χ2n) is 4.10. The quantitative estimate of drug-likeness (QED) is 0.803. The van der Waals surface area contributed by atoms with Crippen LogP contribution in [0.5, 0.6) is 0 Å². The number of aliphatic hydroxyl groups excluding tert-OH is 1. The highest BCUT2D eigenvalue weighted by Gasteiger charge is 2.09. The van der Waals surface area contributed by atoms with E-state index in [4.69, 9.17) is 0 Å². The number of anilines is 1. The summed E-state index contributed by atoms with van der Waals surface area (Å²) in [4.78, 5) is 15.5. The molecule has 6 heteroatoms. The number of aryl methyl sites for hydroxylation is 1. The van der Waals surface area contributed by atoms with Crippen LogP contribution in [0.25, 0.3) is 0 Å². The molecule has 0 bridgehead atoms. The van der Waals surface area contributed by atoms with Crippen LogP contribution in [0.4, 0.5) is 9.93 Å². The average molecular weight is 277 g/mol. The molecule has 1 atom stereocenters. The maximum absolute atomic E-state index is 11.5. The normalized spacial score (nSPS) is 11.9. The smallest absolute Gasteiger partial charge is 0.321 e. The highest BCUT2D eigenvalue weighted by atomic mass is 32.1. The first kappa shape index (κ1) is 13.5. The molecule has 0 spiro atoms. The van der Waals surface area contributed by atoms with Crippen LogP contribution in [0.2, 0.25) is 0 Å². The lowest BCUT2D eigenvalue weighted by atomic mass is 10.1. The van der Waals surface area contributed by atoms with Gasteiger partial charge in [0.1, 0.15) is 0 Å². The number of nitrogens with one attached hydrogen (secondary N) is 2. The Morgan fingerprint density at radius 3 is 2.79 bits per heavy atom. The molecule has 2 amide bonds. The van der Waals surface area contributed by atoms with Crippen molar-refractivity contribution >= 4 is 22.5 Å². The molecule has 2 aromatic rings. The number of amides is 2. The Kier molecular flexibility index (Phi) is 4.48. The zero-order valence-corrected chi connectivity index (χ0v) is 11.3. The van der Waals surface area contributed by atoms with Gasteiger partial charge >= 0.3 is 6.03 Å². The molecule has 2 rings (SSSR count). The summed E-state index contributed by atoms with van der Waals surface area (Å²) in [5.74, 6) is 0. The Morgan fingerprint density at radius 1 is 1.42 bits per heavy atom. The highest BCUT2D eigenvalue weighted by Crippen LogP contribution is 2.13. The van der Waals surface area contributed by atoms with Crippen molar-refractivity contribution in [3.8, 4) is 0 Å². The lowest BCUT2D eigenvalue weighted by Gasteiger charge is -2.12. The van der Waals surface area contributed by atoms with Crippen molar-refractivity contribution < 1.29 is 9.90 Å². The van der Waals surface area contributed by atoms with Gasteiger partial charge in [0.05, 0.1) is 6.10 Å². The number of aliphatic hydroxyl groups is 1. The summed E-state index contributed by atoms with van der Waals surface area (Å²) < 4.78 is 0. The molecule has 0 aliphatic rings. The van der Waals surface area contributed by atoms with Gasteiger partial charge in [0.25, 0.3) is 0 Å². The van der Waals surface area contributed by atoms with Gasteiger partial charge in [-0.15, -0.1) is 11.3 Å². The average Bonchev–Trinajstić information content (AvgIpc) is 2.89. The monoisotopic (exact) mass is 277 g/mol. The number of benzene rings is 1. The minimum Gasteiger partial charge on any atom is -0.387 e. The molecule has 1 aromatic carbocycles. The fourth-order valence-corrected chi connectivity index (χ4v) is 2.05. The summed E-state index contributed by atoms with van der Waals surface area (Å²) in [6, 6.07) is 7.17. The summed E-state index contributed by atoms with van der Waals surface area (Å²) in [5.41, 5.74) is 1.91. The highest BCUT2D eigenvalue weighted by molar-refractivity contribution is 7.13. The Hall–Kier alpha value is -1.92. The van der Waals surface area contributed by atoms with E-state index in [1.165, 1.54) is 11.3 Å². The molecular weight excluding hydrogens is 262 g/mol. The lowest BCUT2D eigenvalue weighted by Crippen LogP contribution is -2.32. The van der Waals surface area contributed by atoms with Gasteiger partial charge in [-0.05, 0) is 12.5 Å². The third kappa shape index (κ3) is 4.04. The summed E-state index contributed by atoms with van der Waals surface area (Å²) in [6.07, 6.45) is 0.893. The molecule has 100 valence electrons. The molecular formula is C13H15N3O2S. The molecule has 0 aliphatic heterocycles. The molecule has 0 radical (unpaired) electrons. The van der Waals surface area contributed by atoms with Crippen LogP contribution >= 0.6 is 11.3 Å². The standard InChI is InChI=1S/C13H15N3O2S/c1-9-2-4-10(5-3-9)11(17)8-15-12(18)16-13-14-6-7-19-13/h2-7,11,17H,8H2,1H3,(H2,14,15,16,18). The van der Waals surface area contributed by atoms with Crippen molar-refractivity contribution in [2.75, 3.05) is 11.9 Å². The summed E-state index contributed by atoms with van der Waals surface area (Å²) in [7, 11) is 0. The molecule has 1 unspecified atom stereocenters. The summed E-state index contributed by atoms with van der Waals surface area (Å²) in [5, 5.41) is 17.4. The first-order chi connectivity index (χ1) is 9.15. The Bertz CT molecular complexity index is 525. The van der Waals surface area contributed by atoms with Gasteiger partial charge in [0.2, 0.25) is 0 Å². The fraction of sp³-hybridized carbons (Fsp3) is 0.231. The molecule has 1 aromatic heterocycles. The Labute approximate surface area is 115 Å². The van der Waals surface area contributed by atoms with Gasteiger partial charge in [-0.3, -0.25) is 5.32 Å². The molecule has 3 N–H and O–H groups in total. The van der Waals surface area contributed by atoms with Crippen molar-refractivity contribution in [3.05, 3.63) is 47.0 Å². The number of aromatic nitrogens is 1. The van der Waals surface area contributed by atoms with Crippen molar-refractivity contribution in [1.82, 2.24) is 10.3 Å². The second kappa shape index (κ2) is 6.31. The van der Waals surface area contributed by atoms with Crippen LogP contribution in [0.15, 0.2) is 35.8 Å². The summed E-state index contributed by atoms with van der Waals surface area (Å²) in [6.45, 7) is 2.14. The Morgan fingerprint density at radius 2 is 2.16 bits per heavy atom. The topological polar surface area (TPSA) is 74.2 Å². The fourth-order valence-electron chi connectivity index (χ4n) is 1.52. The van der Waals surface area contributed by atoms with Crippen LogP contribution in [0.1, 0.15) is 17.2 Å². The van der Waals surface area contributed by atoms with Gasteiger partial charge in [-0.2, -0.15) is 0 Å². The number of thiazole rings is 1. The number of urea groups is 1. The molecule has 0 saturated heterocycles. The SMILES string of the molecule is Cc1ccc(C(O)CNC(=O)Nc2nccs2)cc1. The zero-order valence-electron chi connectivity index (χ0n) is 10.5. The van der Waals surface area contributed by atoms with Gasteiger partial charge in [-0.1, -0.05) is 29.8 Å². The first-order valence-electron chi connectivity index (χ1n) is 5.84. The number of hydrogen-bond acceptors (Lipinski definition) is 4. The number of carbonyl (C=O) groups excluding carboxylic acids is 1. The van der Waals surface area contributed by atoms with E-state index >= 15 is 0 Å². The largest absolute Gasteiger partial charge is 0.387 e. The van der Waals surface area contributed by atoms with E-state index in [-0.39, 0.29) is 12.6 Å². The number of hydrogen-bond donors (Lipinski definition) is 3. The van der Waals surface area contributed by atoms with E-state index in [0.29, 0.717) is 5.13 Å². The van der Waals surface area contributed by atoms with Crippen LogP contribution in [-0.4, -0.2) is 22.7 Å². The predicted octanol–water partition coefficient (Wildman–Crippen LogP) is 2.31. The van der Waals surface area contributed by atoms with E-state index < -0.39 is 6.10 Å². The minimum absolute atomic E-state index is 0.153. The van der Waals surface area contributed by atoms with Crippen LogP contribution in [-0.2, 0) is 0 Å². The number of nitrogens with zero attached hydrogens (tertiary/aromatic N) is 1. The lowest BCUT2D eigenvalue weighted by molar-refractivity contribution is 0.175. The molecule has 19 heavy (non-hydrogen) atoms. The maximum atomic E-state index is 11.5.